The minimum atomic E-state index is -0.0405. The molecule has 0 saturated heterocycles. The van der Waals surface area contributed by atoms with Crippen molar-refractivity contribution in [2.75, 3.05) is 6.54 Å². The minimum absolute atomic E-state index is 0.0405. The van der Waals surface area contributed by atoms with Gasteiger partial charge in [-0.1, -0.05) is 67.6 Å². The zero-order chi connectivity index (χ0) is 15.1. The molecule has 2 aromatic carbocycles. The van der Waals surface area contributed by atoms with Gasteiger partial charge < -0.3 is 0 Å². The summed E-state index contributed by atoms with van der Waals surface area (Å²) in [5.74, 6) is -0.0405. The number of carbonyl (C=O) groups is 1. The molecule has 108 valence electrons. The lowest BCUT2D eigenvalue weighted by Gasteiger charge is -2.17. The van der Waals surface area contributed by atoms with Crippen molar-refractivity contribution in [1.82, 2.24) is 5.01 Å². The molecule has 0 aliphatic carbocycles. The highest BCUT2D eigenvalue weighted by molar-refractivity contribution is 6.13. The summed E-state index contributed by atoms with van der Waals surface area (Å²) < 4.78 is 0. The highest BCUT2D eigenvalue weighted by atomic mass is 16.2. The summed E-state index contributed by atoms with van der Waals surface area (Å²) in [7, 11) is 0. The second-order valence-electron chi connectivity index (χ2n) is 4.82. The summed E-state index contributed by atoms with van der Waals surface area (Å²) in [6, 6.07) is 19.9. The number of benzene rings is 2. The zero-order valence-corrected chi connectivity index (χ0v) is 12.5. The van der Waals surface area contributed by atoms with Crippen molar-refractivity contribution < 1.29 is 4.79 Å². The second-order valence-corrected chi connectivity index (χ2v) is 4.82. The van der Waals surface area contributed by atoms with Crippen LogP contribution in [-0.2, 0) is 4.79 Å². The Morgan fingerprint density at radius 1 is 0.952 bits per heavy atom. The largest absolute Gasteiger partial charge is 0.273 e. The van der Waals surface area contributed by atoms with Gasteiger partial charge in [-0.05, 0) is 6.42 Å². The van der Waals surface area contributed by atoms with Crippen molar-refractivity contribution in [1.29, 1.82) is 0 Å². The Morgan fingerprint density at radius 3 is 1.81 bits per heavy atom. The molecule has 0 radical (unpaired) electrons. The van der Waals surface area contributed by atoms with Crippen molar-refractivity contribution in [3.63, 3.8) is 0 Å². The molecule has 2 aromatic rings. The molecular formula is C18H20N2O. The zero-order valence-electron chi connectivity index (χ0n) is 12.5. The van der Waals surface area contributed by atoms with E-state index in [1.165, 1.54) is 5.01 Å². The molecule has 1 amide bonds. The van der Waals surface area contributed by atoms with Gasteiger partial charge in [0.15, 0.2) is 0 Å². The van der Waals surface area contributed by atoms with Crippen molar-refractivity contribution >= 4 is 11.6 Å². The summed E-state index contributed by atoms with van der Waals surface area (Å²) in [4.78, 5) is 11.8. The predicted molar refractivity (Wildman–Crippen MR) is 86.2 cm³/mol. The van der Waals surface area contributed by atoms with E-state index in [-0.39, 0.29) is 5.91 Å². The van der Waals surface area contributed by atoms with Crippen LogP contribution in [0, 0.1) is 0 Å². The monoisotopic (exact) mass is 280 g/mol. The number of hydrazone groups is 1. The Morgan fingerprint density at radius 2 is 1.43 bits per heavy atom. The van der Waals surface area contributed by atoms with Gasteiger partial charge in [0.2, 0.25) is 5.91 Å². The first-order chi connectivity index (χ1) is 10.2. The van der Waals surface area contributed by atoms with Crippen molar-refractivity contribution in [3.8, 4) is 0 Å². The van der Waals surface area contributed by atoms with Gasteiger partial charge in [0.1, 0.15) is 0 Å². The highest BCUT2D eigenvalue weighted by Crippen LogP contribution is 2.12. The maximum atomic E-state index is 11.8. The lowest BCUT2D eigenvalue weighted by Crippen LogP contribution is -2.26. The molecule has 3 heteroatoms. The maximum absolute atomic E-state index is 11.8. The van der Waals surface area contributed by atoms with E-state index >= 15 is 0 Å². The lowest BCUT2D eigenvalue weighted by molar-refractivity contribution is -0.128. The number of rotatable bonds is 5. The molecule has 0 heterocycles. The maximum Gasteiger partial charge on any atom is 0.239 e. The summed E-state index contributed by atoms with van der Waals surface area (Å²) in [5, 5.41) is 6.14. The van der Waals surface area contributed by atoms with Gasteiger partial charge in [-0.15, -0.1) is 0 Å². The molecule has 3 nitrogen and oxygen atoms in total. The van der Waals surface area contributed by atoms with Gasteiger partial charge in [-0.3, -0.25) is 4.79 Å². The molecule has 0 saturated carbocycles. The fourth-order valence-corrected chi connectivity index (χ4v) is 2.08. The summed E-state index contributed by atoms with van der Waals surface area (Å²) in [6.45, 7) is 4.21. The van der Waals surface area contributed by atoms with Crippen LogP contribution in [0.25, 0.3) is 0 Å². The van der Waals surface area contributed by atoms with E-state index < -0.39 is 0 Å². The second kappa shape index (κ2) is 7.39. The normalized spacial score (nSPS) is 10.0. The Bertz CT molecular complexity index is 564. The summed E-state index contributed by atoms with van der Waals surface area (Å²) in [5.41, 5.74) is 2.83. The van der Waals surface area contributed by atoms with Crippen LogP contribution >= 0.6 is 0 Å². The third kappa shape index (κ3) is 4.02. The molecule has 2 rings (SSSR count). The fraction of sp³-hybridized carbons (Fsp3) is 0.222. The van der Waals surface area contributed by atoms with E-state index in [1.807, 2.05) is 67.6 Å². The average molecular weight is 280 g/mol. The van der Waals surface area contributed by atoms with Crippen LogP contribution < -0.4 is 0 Å². The molecule has 0 atom stereocenters. The van der Waals surface area contributed by atoms with E-state index in [1.54, 1.807) is 6.92 Å². The quantitative estimate of drug-likeness (QED) is 0.607. The Balaban J connectivity index is 2.48. The van der Waals surface area contributed by atoms with Crippen LogP contribution in [0.3, 0.4) is 0 Å². The molecular weight excluding hydrogens is 260 g/mol. The van der Waals surface area contributed by atoms with Crippen molar-refractivity contribution in [2.24, 2.45) is 5.10 Å². The van der Waals surface area contributed by atoms with Gasteiger partial charge in [-0.2, -0.15) is 5.10 Å². The van der Waals surface area contributed by atoms with E-state index in [2.05, 4.69) is 5.10 Å². The van der Waals surface area contributed by atoms with Crippen LogP contribution in [-0.4, -0.2) is 23.2 Å². The number of amides is 1. The Labute approximate surface area is 125 Å². The molecule has 0 aliphatic rings. The van der Waals surface area contributed by atoms with Gasteiger partial charge in [0.05, 0.1) is 5.71 Å². The third-order valence-corrected chi connectivity index (χ3v) is 3.11. The van der Waals surface area contributed by atoms with Gasteiger partial charge in [0, 0.05) is 24.6 Å². The molecule has 0 unspecified atom stereocenters. The van der Waals surface area contributed by atoms with E-state index in [4.69, 9.17) is 0 Å². The molecule has 0 aromatic heterocycles. The van der Waals surface area contributed by atoms with E-state index in [0.29, 0.717) is 6.54 Å². The number of carbonyl (C=O) groups excluding carboxylic acids is 1. The first-order valence-electron chi connectivity index (χ1n) is 7.20. The molecule has 0 N–H and O–H groups in total. The van der Waals surface area contributed by atoms with E-state index in [0.717, 1.165) is 23.3 Å². The number of hydrogen-bond donors (Lipinski definition) is 0. The fourth-order valence-electron chi connectivity index (χ4n) is 2.08. The van der Waals surface area contributed by atoms with Crippen LogP contribution in [0.15, 0.2) is 65.8 Å². The topological polar surface area (TPSA) is 32.7 Å². The SMILES string of the molecule is CCCN(N=C(c1ccccc1)c1ccccc1)C(C)=O. The smallest absolute Gasteiger partial charge is 0.239 e. The molecule has 0 aliphatic heterocycles. The van der Waals surface area contributed by atoms with Gasteiger partial charge in [0.25, 0.3) is 0 Å². The molecule has 0 bridgehead atoms. The Kier molecular flexibility index (Phi) is 5.27. The van der Waals surface area contributed by atoms with E-state index in [9.17, 15) is 4.79 Å². The first-order valence-corrected chi connectivity index (χ1v) is 7.20. The third-order valence-electron chi connectivity index (χ3n) is 3.11. The Hall–Kier alpha value is -2.42. The lowest BCUT2D eigenvalue weighted by atomic mass is 10.0. The minimum Gasteiger partial charge on any atom is -0.273 e. The highest BCUT2D eigenvalue weighted by Gasteiger charge is 2.11. The van der Waals surface area contributed by atoms with Crippen LogP contribution in [0.5, 0.6) is 0 Å². The van der Waals surface area contributed by atoms with Gasteiger partial charge in [-0.25, -0.2) is 5.01 Å². The summed E-state index contributed by atoms with van der Waals surface area (Å²) >= 11 is 0. The van der Waals surface area contributed by atoms with Crippen LogP contribution in [0.1, 0.15) is 31.4 Å². The predicted octanol–water partition coefficient (Wildman–Crippen LogP) is 3.70. The number of hydrogen-bond acceptors (Lipinski definition) is 2. The number of nitrogens with zero attached hydrogens (tertiary/aromatic N) is 2. The van der Waals surface area contributed by atoms with Gasteiger partial charge >= 0.3 is 0 Å². The standard InChI is InChI=1S/C18H20N2O/c1-3-14-20(15(2)21)19-18(16-10-6-4-7-11-16)17-12-8-5-9-13-17/h4-13H,3,14H2,1-2H3. The van der Waals surface area contributed by atoms with Crippen molar-refractivity contribution in [3.05, 3.63) is 71.8 Å². The molecule has 21 heavy (non-hydrogen) atoms. The van der Waals surface area contributed by atoms with Crippen molar-refractivity contribution in [2.45, 2.75) is 20.3 Å². The van der Waals surface area contributed by atoms with Crippen LogP contribution in [0.4, 0.5) is 0 Å². The molecule has 0 spiro atoms. The summed E-state index contributed by atoms with van der Waals surface area (Å²) in [6.07, 6.45) is 0.875. The van der Waals surface area contributed by atoms with Crippen LogP contribution in [0.2, 0.25) is 0 Å². The first kappa shape index (κ1) is 15.0. The average Bonchev–Trinajstić information content (AvgIpc) is 2.53. The molecule has 0 fully saturated rings.